The van der Waals surface area contributed by atoms with Gasteiger partial charge in [0, 0.05) is 24.8 Å². The van der Waals surface area contributed by atoms with Gasteiger partial charge in [0.15, 0.2) is 6.73 Å². The number of rotatable bonds is 9. The van der Waals surface area contributed by atoms with Crippen molar-refractivity contribution in [3.05, 3.63) is 74.7 Å². The van der Waals surface area contributed by atoms with Crippen LogP contribution in [0, 0.1) is 5.92 Å². The zero-order valence-corrected chi connectivity index (χ0v) is 24.4. The van der Waals surface area contributed by atoms with Gasteiger partial charge in [0.2, 0.25) is 0 Å². The molecule has 0 unspecified atom stereocenters. The van der Waals surface area contributed by atoms with E-state index < -0.39 is 23.0 Å². The number of benzene rings is 1. The number of fused-ring (bicyclic) bond motifs is 1. The first-order chi connectivity index (χ1) is 20.5. The van der Waals surface area contributed by atoms with Crippen molar-refractivity contribution in [2.75, 3.05) is 20.1 Å². The number of esters is 1. The number of alkyl halides is 3. The molecule has 3 aromatic heterocycles. The van der Waals surface area contributed by atoms with Gasteiger partial charge in [0.25, 0.3) is 5.56 Å². The molecule has 10 nitrogen and oxygen atoms in total. The van der Waals surface area contributed by atoms with Gasteiger partial charge >= 0.3 is 17.8 Å². The van der Waals surface area contributed by atoms with E-state index in [-0.39, 0.29) is 37.2 Å². The number of piperidine rings is 1. The second-order valence-electron chi connectivity index (χ2n) is 11.0. The molecule has 0 bridgehead atoms. The Labute approximate surface area is 245 Å². The minimum atomic E-state index is -4.46. The molecule has 5 rings (SSSR count). The first kappa shape index (κ1) is 30.3. The number of halogens is 3. The Balaban J connectivity index is 1.55. The number of hydrogen-bond donors (Lipinski definition) is 0. The van der Waals surface area contributed by atoms with E-state index in [0.29, 0.717) is 48.1 Å². The van der Waals surface area contributed by atoms with Crippen molar-refractivity contribution in [2.45, 2.75) is 65.7 Å². The number of nitrogens with zero attached hydrogens (tertiary/aromatic N) is 6. The van der Waals surface area contributed by atoms with Crippen LogP contribution >= 0.6 is 0 Å². The SMILES string of the molecule is CCCn1c(=O)c2c(cc(-c3cnn(Cc4cccc(C(F)(F)F)c4)c3)n2COC(=O)C2CCN(C)CC2)n(CC)c1=O. The van der Waals surface area contributed by atoms with Crippen LogP contribution in [0.3, 0.4) is 0 Å². The molecule has 1 fully saturated rings. The Morgan fingerprint density at radius 2 is 1.81 bits per heavy atom. The van der Waals surface area contributed by atoms with Gasteiger partial charge in [-0.3, -0.25) is 23.4 Å². The molecule has 230 valence electrons. The summed E-state index contributed by atoms with van der Waals surface area (Å²) in [6.07, 6.45) is 0.659. The van der Waals surface area contributed by atoms with E-state index in [9.17, 15) is 27.6 Å². The summed E-state index contributed by atoms with van der Waals surface area (Å²) in [6.45, 7) is 5.64. The van der Waals surface area contributed by atoms with Crippen molar-refractivity contribution in [2.24, 2.45) is 5.92 Å². The van der Waals surface area contributed by atoms with Crippen LogP contribution in [0.5, 0.6) is 0 Å². The molecule has 13 heteroatoms. The first-order valence-electron chi connectivity index (χ1n) is 14.4. The highest BCUT2D eigenvalue weighted by Crippen LogP contribution is 2.30. The molecule has 1 aliphatic rings. The third kappa shape index (κ3) is 6.17. The van der Waals surface area contributed by atoms with E-state index in [1.807, 2.05) is 20.9 Å². The first-order valence-corrected chi connectivity index (χ1v) is 14.4. The third-order valence-corrected chi connectivity index (χ3v) is 7.96. The number of carbonyl (C=O) groups is 1. The van der Waals surface area contributed by atoms with Gasteiger partial charge in [-0.15, -0.1) is 0 Å². The number of hydrogen-bond acceptors (Lipinski definition) is 6. The Morgan fingerprint density at radius 3 is 2.49 bits per heavy atom. The van der Waals surface area contributed by atoms with E-state index in [1.54, 1.807) is 22.9 Å². The average Bonchev–Trinajstić information content (AvgIpc) is 3.59. The molecule has 0 atom stereocenters. The monoisotopic (exact) mass is 600 g/mol. The van der Waals surface area contributed by atoms with Crippen molar-refractivity contribution in [1.29, 1.82) is 0 Å². The summed E-state index contributed by atoms with van der Waals surface area (Å²) in [5, 5.41) is 4.35. The largest absolute Gasteiger partial charge is 0.444 e. The molecule has 43 heavy (non-hydrogen) atoms. The van der Waals surface area contributed by atoms with Crippen LogP contribution < -0.4 is 11.2 Å². The lowest BCUT2D eigenvalue weighted by atomic mass is 9.97. The third-order valence-electron chi connectivity index (χ3n) is 7.96. The van der Waals surface area contributed by atoms with E-state index in [1.165, 1.54) is 26.1 Å². The summed E-state index contributed by atoms with van der Waals surface area (Å²) in [6, 6.07) is 6.74. The number of carbonyl (C=O) groups excluding carboxylic acids is 1. The van der Waals surface area contributed by atoms with E-state index in [0.717, 1.165) is 25.2 Å². The van der Waals surface area contributed by atoms with Crippen LogP contribution in [0.15, 0.2) is 52.3 Å². The van der Waals surface area contributed by atoms with Gasteiger partial charge in [-0.05, 0) is 70.1 Å². The van der Waals surface area contributed by atoms with E-state index in [2.05, 4.69) is 10.00 Å². The molecule has 4 aromatic rings. The quantitative estimate of drug-likeness (QED) is 0.268. The summed E-state index contributed by atoms with van der Waals surface area (Å²) >= 11 is 0. The zero-order chi connectivity index (χ0) is 30.9. The normalized spacial score (nSPS) is 14.9. The fourth-order valence-corrected chi connectivity index (χ4v) is 5.63. The van der Waals surface area contributed by atoms with Gasteiger partial charge < -0.3 is 14.2 Å². The van der Waals surface area contributed by atoms with E-state index >= 15 is 0 Å². The highest BCUT2D eigenvalue weighted by atomic mass is 19.4. The maximum atomic E-state index is 13.7. The van der Waals surface area contributed by atoms with Crippen LogP contribution in [0.1, 0.15) is 44.2 Å². The van der Waals surface area contributed by atoms with Crippen LogP contribution in [0.2, 0.25) is 0 Å². The fourth-order valence-electron chi connectivity index (χ4n) is 5.63. The van der Waals surface area contributed by atoms with Crippen LogP contribution in [0.25, 0.3) is 22.3 Å². The van der Waals surface area contributed by atoms with Crippen molar-refractivity contribution in [3.63, 3.8) is 0 Å². The number of aromatic nitrogens is 5. The van der Waals surface area contributed by atoms with Gasteiger partial charge in [0.1, 0.15) is 5.52 Å². The van der Waals surface area contributed by atoms with Crippen molar-refractivity contribution >= 4 is 17.0 Å². The lowest BCUT2D eigenvalue weighted by molar-refractivity contribution is -0.153. The summed E-state index contributed by atoms with van der Waals surface area (Å²) in [4.78, 5) is 42.1. The number of ether oxygens (including phenoxy) is 1. The topological polar surface area (TPSA) is 96.3 Å². The van der Waals surface area contributed by atoms with Gasteiger partial charge in [-0.25, -0.2) is 4.79 Å². The molecule has 0 spiro atoms. The second kappa shape index (κ2) is 12.2. The highest BCUT2D eigenvalue weighted by molar-refractivity contribution is 5.83. The molecule has 1 saturated heterocycles. The summed E-state index contributed by atoms with van der Waals surface area (Å²) in [7, 11) is 2.00. The minimum absolute atomic E-state index is 0.0816. The van der Waals surface area contributed by atoms with Crippen molar-refractivity contribution < 1.29 is 22.7 Å². The van der Waals surface area contributed by atoms with E-state index in [4.69, 9.17) is 4.74 Å². The lowest BCUT2D eigenvalue weighted by Crippen LogP contribution is -2.40. The molecule has 4 heterocycles. The Kier molecular flexibility index (Phi) is 8.63. The minimum Gasteiger partial charge on any atom is -0.444 e. The molecule has 0 amide bonds. The predicted molar refractivity (Wildman–Crippen MR) is 155 cm³/mol. The van der Waals surface area contributed by atoms with Crippen molar-refractivity contribution in [3.8, 4) is 11.3 Å². The standard InChI is InChI=1S/C30H35F3N6O4/c1-4-11-38-27(40)26-25(37(5-2)29(38)42)15-24(39(26)19-43-28(41)21-9-12-35(3)13-10-21)22-16-34-36(18-22)17-20-7-6-8-23(14-20)30(31,32)33/h6-8,14-16,18,21H,4-5,9-13,17,19H2,1-3H3. The molecule has 0 N–H and O–H groups in total. The fraction of sp³-hybridized carbons (Fsp3) is 0.467. The Bertz CT molecular complexity index is 1740. The maximum absolute atomic E-state index is 13.7. The molecule has 0 saturated carbocycles. The summed E-state index contributed by atoms with van der Waals surface area (Å²) in [5.74, 6) is -0.596. The van der Waals surface area contributed by atoms with Crippen LogP contribution in [0.4, 0.5) is 13.2 Å². The lowest BCUT2D eigenvalue weighted by Gasteiger charge is -2.27. The highest BCUT2D eigenvalue weighted by Gasteiger charge is 2.30. The second-order valence-corrected chi connectivity index (χ2v) is 11.0. The van der Waals surface area contributed by atoms with Crippen LogP contribution in [-0.4, -0.2) is 54.5 Å². The molecule has 0 aliphatic carbocycles. The predicted octanol–water partition coefficient (Wildman–Crippen LogP) is 4.17. The van der Waals surface area contributed by atoms with Gasteiger partial charge in [-0.1, -0.05) is 19.1 Å². The smallest absolute Gasteiger partial charge is 0.416 e. The van der Waals surface area contributed by atoms with Crippen LogP contribution in [-0.2, 0) is 42.1 Å². The molecule has 0 radical (unpaired) electrons. The molecular weight excluding hydrogens is 565 g/mol. The Morgan fingerprint density at radius 1 is 1.07 bits per heavy atom. The molecule has 1 aromatic carbocycles. The number of likely N-dealkylation sites (tertiary alicyclic amines) is 1. The zero-order valence-electron chi connectivity index (χ0n) is 24.4. The maximum Gasteiger partial charge on any atom is 0.416 e. The Hall–Kier alpha value is -4.13. The summed E-state index contributed by atoms with van der Waals surface area (Å²) in [5.41, 5.74) is 0.444. The summed E-state index contributed by atoms with van der Waals surface area (Å²) < 4.78 is 51.3. The molecule has 1 aliphatic heterocycles. The molecular formula is C30H35F3N6O4. The van der Waals surface area contributed by atoms with Crippen molar-refractivity contribution in [1.82, 2.24) is 28.4 Å². The van der Waals surface area contributed by atoms with Gasteiger partial charge in [-0.2, -0.15) is 18.3 Å². The van der Waals surface area contributed by atoms with Gasteiger partial charge in [0.05, 0.1) is 35.4 Å². The average molecular weight is 601 g/mol. The number of aryl methyl sites for hydroxylation is 1.